The van der Waals surface area contributed by atoms with Crippen molar-refractivity contribution in [1.29, 1.82) is 0 Å². The summed E-state index contributed by atoms with van der Waals surface area (Å²) in [5.41, 5.74) is 7.07. The Balaban J connectivity index is 2.84. The number of aryl methyl sites for hydroxylation is 1. The van der Waals surface area contributed by atoms with E-state index in [1.165, 1.54) is 0 Å². The summed E-state index contributed by atoms with van der Waals surface area (Å²) >= 11 is 6.15. The average molecular weight is 256 g/mol. The Morgan fingerprint density at radius 3 is 2.65 bits per heavy atom. The maximum atomic E-state index is 10.6. The summed E-state index contributed by atoms with van der Waals surface area (Å²) in [5, 5.41) is 0.750. The lowest BCUT2D eigenvalue weighted by Gasteiger charge is -2.14. The summed E-state index contributed by atoms with van der Waals surface area (Å²) in [7, 11) is 0. The SMILES string of the molecule is Cc1cc(Cl)c(C(C)C)cc1OCCC(N)=O. The molecule has 0 saturated heterocycles. The van der Waals surface area contributed by atoms with Gasteiger partial charge in [0.1, 0.15) is 5.75 Å². The molecule has 0 heterocycles. The Morgan fingerprint density at radius 2 is 2.12 bits per heavy atom. The Hall–Kier alpha value is -1.22. The minimum atomic E-state index is -0.360. The third kappa shape index (κ3) is 3.93. The molecule has 0 unspecified atom stereocenters. The van der Waals surface area contributed by atoms with Gasteiger partial charge in [-0.15, -0.1) is 0 Å². The van der Waals surface area contributed by atoms with Crippen molar-refractivity contribution in [3.63, 3.8) is 0 Å². The van der Waals surface area contributed by atoms with Crippen molar-refractivity contribution >= 4 is 17.5 Å². The number of rotatable bonds is 5. The first-order chi connectivity index (χ1) is 7.91. The van der Waals surface area contributed by atoms with Crippen molar-refractivity contribution in [2.75, 3.05) is 6.61 Å². The molecule has 1 rings (SSSR count). The highest BCUT2D eigenvalue weighted by molar-refractivity contribution is 6.31. The molecule has 0 aliphatic heterocycles. The first-order valence-electron chi connectivity index (χ1n) is 5.63. The van der Waals surface area contributed by atoms with Crippen LogP contribution in [0.25, 0.3) is 0 Å². The predicted molar refractivity (Wildman–Crippen MR) is 69.6 cm³/mol. The minimum absolute atomic E-state index is 0.221. The maximum absolute atomic E-state index is 10.6. The van der Waals surface area contributed by atoms with Gasteiger partial charge in [0.25, 0.3) is 0 Å². The third-order valence-corrected chi connectivity index (χ3v) is 2.85. The second-order valence-corrected chi connectivity index (χ2v) is 4.77. The molecule has 0 aliphatic carbocycles. The largest absolute Gasteiger partial charge is 0.493 e. The summed E-state index contributed by atoms with van der Waals surface area (Å²) in [6.07, 6.45) is 0.221. The van der Waals surface area contributed by atoms with Crippen LogP contribution in [0.5, 0.6) is 5.75 Å². The van der Waals surface area contributed by atoms with E-state index in [9.17, 15) is 4.79 Å². The summed E-state index contributed by atoms with van der Waals surface area (Å²) in [4.78, 5) is 10.6. The molecule has 1 aromatic carbocycles. The second-order valence-electron chi connectivity index (χ2n) is 4.36. The number of halogens is 1. The van der Waals surface area contributed by atoms with Crippen LogP contribution in [0.1, 0.15) is 37.3 Å². The molecule has 0 bridgehead atoms. The van der Waals surface area contributed by atoms with Crippen LogP contribution in [-0.4, -0.2) is 12.5 Å². The lowest BCUT2D eigenvalue weighted by atomic mass is 10.0. The van der Waals surface area contributed by atoms with E-state index in [4.69, 9.17) is 22.1 Å². The van der Waals surface area contributed by atoms with Crippen LogP contribution < -0.4 is 10.5 Å². The monoisotopic (exact) mass is 255 g/mol. The van der Waals surface area contributed by atoms with Crippen LogP contribution in [0.15, 0.2) is 12.1 Å². The van der Waals surface area contributed by atoms with Gasteiger partial charge in [-0.25, -0.2) is 0 Å². The predicted octanol–water partition coefficient (Wildman–Crippen LogP) is 3.03. The van der Waals surface area contributed by atoms with Gasteiger partial charge in [0.05, 0.1) is 13.0 Å². The number of ether oxygens (including phenoxy) is 1. The molecule has 0 fully saturated rings. The first-order valence-corrected chi connectivity index (χ1v) is 6.00. The highest BCUT2D eigenvalue weighted by Crippen LogP contribution is 2.31. The van der Waals surface area contributed by atoms with Gasteiger partial charge in [-0.3, -0.25) is 4.79 Å². The van der Waals surface area contributed by atoms with Gasteiger partial charge in [0.2, 0.25) is 5.91 Å². The fourth-order valence-electron chi connectivity index (χ4n) is 1.53. The second kappa shape index (κ2) is 5.92. The lowest BCUT2D eigenvalue weighted by Crippen LogP contribution is -2.14. The van der Waals surface area contributed by atoms with Gasteiger partial charge in [-0.05, 0) is 36.1 Å². The van der Waals surface area contributed by atoms with Crippen molar-refractivity contribution in [3.05, 3.63) is 28.3 Å². The van der Waals surface area contributed by atoms with E-state index in [1.54, 1.807) is 0 Å². The van der Waals surface area contributed by atoms with Crippen molar-refractivity contribution < 1.29 is 9.53 Å². The zero-order chi connectivity index (χ0) is 13.0. The number of carbonyl (C=O) groups excluding carboxylic acids is 1. The molecule has 3 nitrogen and oxygen atoms in total. The average Bonchev–Trinajstić information content (AvgIpc) is 2.20. The number of amides is 1. The third-order valence-electron chi connectivity index (χ3n) is 2.52. The highest BCUT2D eigenvalue weighted by Gasteiger charge is 2.10. The number of primary amides is 1. The van der Waals surface area contributed by atoms with E-state index >= 15 is 0 Å². The number of hydrogen-bond donors (Lipinski definition) is 1. The van der Waals surface area contributed by atoms with Gasteiger partial charge < -0.3 is 10.5 Å². The first kappa shape index (κ1) is 13.8. The zero-order valence-corrected chi connectivity index (χ0v) is 11.2. The molecule has 0 radical (unpaired) electrons. The minimum Gasteiger partial charge on any atom is -0.493 e. The van der Waals surface area contributed by atoms with E-state index < -0.39 is 0 Å². The Kier molecular flexibility index (Phi) is 4.82. The molecule has 0 saturated carbocycles. The molecule has 17 heavy (non-hydrogen) atoms. The maximum Gasteiger partial charge on any atom is 0.220 e. The number of nitrogens with two attached hydrogens (primary N) is 1. The van der Waals surface area contributed by atoms with Gasteiger partial charge in [-0.1, -0.05) is 25.4 Å². The van der Waals surface area contributed by atoms with E-state index in [1.807, 2.05) is 19.1 Å². The molecule has 0 aromatic heterocycles. The van der Waals surface area contributed by atoms with Crippen molar-refractivity contribution in [3.8, 4) is 5.75 Å². The van der Waals surface area contributed by atoms with Gasteiger partial charge in [-0.2, -0.15) is 0 Å². The lowest BCUT2D eigenvalue weighted by molar-refractivity contribution is -0.118. The van der Waals surface area contributed by atoms with E-state index in [2.05, 4.69) is 13.8 Å². The molecule has 0 spiro atoms. The van der Waals surface area contributed by atoms with E-state index in [0.29, 0.717) is 12.5 Å². The van der Waals surface area contributed by atoms with Gasteiger partial charge in [0.15, 0.2) is 0 Å². The summed E-state index contributed by atoms with van der Waals surface area (Å²) in [6.45, 7) is 6.37. The standard InChI is InChI=1S/C13H18ClNO2/c1-8(2)10-7-12(9(3)6-11(10)14)17-5-4-13(15)16/h6-8H,4-5H2,1-3H3,(H2,15,16). The Morgan fingerprint density at radius 1 is 1.47 bits per heavy atom. The van der Waals surface area contributed by atoms with Crippen molar-refractivity contribution in [2.45, 2.75) is 33.1 Å². The van der Waals surface area contributed by atoms with Gasteiger partial charge in [0, 0.05) is 5.02 Å². The number of carbonyl (C=O) groups is 1. The fraction of sp³-hybridized carbons (Fsp3) is 0.462. The normalized spacial score (nSPS) is 10.6. The van der Waals surface area contributed by atoms with Crippen LogP contribution in [-0.2, 0) is 4.79 Å². The molecule has 4 heteroatoms. The quantitative estimate of drug-likeness (QED) is 0.879. The molecule has 1 aromatic rings. The summed E-state index contributed by atoms with van der Waals surface area (Å²) < 4.78 is 5.53. The van der Waals surface area contributed by atoms with Crippen LogP contribution in [0.2, 0.25) is 5.02 Å². The Bertz CT molecular complexity index is 416. The highest BCUT2D eigenvalue weighted by atomic mass is 35.5. The molecule has 0 atom stereocenters. The topological polar surface area (TPSA) is 52.3 Å². The van der Waals surface area contributed by atoms with Crippen molar-refractivity contribution in [1.82, 2.24) is 0 Å². The van der Waals surface area contributed by atoms with Gasteiger partial charge >= 0.3 is 0 Å². The molecule has 0 aliphatic rings. The summed E-state index contributed by atoms with van der Waals surface area (Å²) in [6, 6.07) is 3.82. The van der Waals surface area contributed by atoms with Crippen LogP contribution in [0.4, 0.5) is 0 Å². The molecule has 1 amide bonds. The Labute approximate surface area is 107 Å². The molecular weight excluding hydrogens is 238 g/mol. The smallest absolute Gasteiger partial charge is 0.220 e. The van der Waals surface area contributed by atoms with Crippen molar-refractivity contribution in [2.24, 2.45) is 5.73 Å². The van der Waals surface area contributed by atoms with E-state index in [0.717, 1.165) is 21.9 Å². The van der Waals surface area contributed by atoms with Crippen LogP contribution in [0.3, 0.4) is 0 Å². The number of benzene rings is 1. The fourth-order valence-corrected chi connectivity index (χ4v) is 1.96. The number of hydrogen-bond acceptors (Lipinski definition) is 2. The molecule has 2 N–H and O–H groups in total. The van der Waals surface area contributed by atoms with E-state index in [-0.39, 0.29) is 12.3 Å². The molecule has 94 valence electrons. The molecular formula is C13H18ClNO2. The van der Waals surface area contributed by atoms with Crippen LogP contribution >= 0.6 is 11.6 Å². The zero-order valence-electron chi connectivity index (χ0n) is 10.4. The summed E-state index contributed by atoms with van der Waals surface area (Å²) in [5.74, 6) is 0.738. The van der Waals surface area contributed by atoms with Crippen LogP contribution in [0, 0.1) is 6.92 Å².